The number of aliphatic hydroxyl groups is 1. The molecule has 1 fully saturated rings. The van der Waals surface area contributed by atoms with Crippen LogP contribution in [0.25, 0.3) is 10.9 Å². The van der Waals surface area contributed by atoms with Gasteiger partial charge in [-0.1, -0.05) is 45.1 Å². The Morgan fingerprint density at radius 1 is 1.30 bits per heavy atom. The van der Waals surface area contributed by atoms with Crippen molar-refractivity contribution in [2.75, 3.05) is 5.01 Å². The molecule has 0 unspecified atom stereocenters. The summed E-state index contributed by atoms with van der Waals surface area (Å²) in [5, 5.41) is 13.4. The molecule has 1 aliphatic heterocycles. The Bertz CT molecular complexity index is 863. The van der Waals surface area contributed by atoms with Gasteiger partial charge in [-0.15, -0.1) is 0 Å². The third-order valence-electron chi connectivity index (χ3n) is 4.74. The average molecular weight is 311 g/mol. The van der Waals surface area contributed by atoms with Gasteiger partial charge in [0, 0.05) is 0 Å². The normalized spacial score (nSPS) is 24.1. The van der Waals surface area contributed by atoms with Crippen molar-refractivity contribution in [2.45, 2.75) is 45.4 Å². The number of nitrogens with zero attached hydrogens (tertiary/aromatic N) is 3. The summed E-state index contributed by atoms with van der Waals surface area (Å²) < 4.78 is 1.61. The number of rotatable bonds is 2. The van der Waals surface area contributed by atoms with Crippen molar-refractivity contribution >= 4 is 10.9 Å². The Hall–Kier alpha value is -2.14. The molecule has 2 aromatic rings. The van der Waals surface area contributed by atoms with E-state index in [2.05, 4.69) is 17.1 Å². The van der Waals surface area contributed by atoms with Crippen LogP contribution < -0.4 is 10.6 Å². The highest BCUT2D eigenvalue weighted by atomic mass is 16.3. The van der Waals surface area contributed by atoms with E-state index in [0.717, 1.165) is 6.42 Å². The van der Waals surface area contributed by atoms with Crippen LogP contribution in [0.3, 0.4) is 0 Å². The van der Waals surface area contributed by atoms with Gasteiger partial charge in [-0.3, -0.25) is 9.80 Å². The molecule has 0 spiro atoms. The summed E-state index contributed by atoms with van der Waals surface area (Å²) >= 11 is 0. The highest BCUT2D eigenvalue weighted by Crippen LogP contribution is 2.38. The zero-order valence-corrected chi connectivity index (χ0v) is 13.6. The number of aromatic nitrogens is 2. The van der Waals surface area contributed by atoms with E-state index >= 15 is 0 Å². The quantitative estimate of drug-likeness (QED) is 0.682. The van der Waals surface area contributed by atoms with Crippen LogP contribution in [0.15, 0.2) is 41.2 Å². The van der Waals surface area contributed by atoms with E-state index in [9.17, 15) is 9.90 Å². The van der Waals surface area contributed by atoms with Crippen molar-refractivity contribution in [3.63, 3.8) is 0 Å². The Labute approximate surface area is 134 Å². The van der Waals surface area contributed by atoms with Crippen LogP contribution in [-0.4, -0.2) is 26.9 Å². The molecule has 3 atom stereocenters. The molecular weight excluding hydrogens is 290 g/mol. The fourth-order valence-electron chi connectivity index (χ4n) is 3.32. The molecule has 1 aromatic heterocycles. The SMILES string of the molecule is CC(C)(C)[C@H](O)c1nc2ccccc2c(=O)n1N1[C@@H]2CC=C[C@@H]21. The monoisotopic (exact) mass is 311 g/mol. The Kier molecular flexibility index (Phi) is 2.94. The van der Waals surface area contributed by atoms with E-state index in [-0.39, 0.29) is 11.6 Å². The fourth-order valence-corrected chi connectivity index (χ4v) is 3.32. The van der Waals surface area contributed by atoms with Gasteiger partial charge in [-0.25, -0.2) is 9.66 Å². The van der Waals surface area contributed by atoms with Crippen LogP contribution in [-0.2, 0) is 0 Å². The van der Waals surface area contributed by atoms with Gasteiger partial charge >= 0.3 is 0 Å². The van der Waals surface area contributed by atoms with Crippen molar-refractivity contribution in [1.29, 1.82) is 0 Å². The number of benzene rings is 1. The van der Waals surface area contributed by atoms with Crippen LogP contribution in [0.1, 0.15) is 39.1 Å². The molecule has 0 amide bonds. The first-order valence-corrected chi connectivity index (χ1v) is 8.04. The van der Waals surface area contributed by atoms with Crippen LogP contribution in [0.5, 0.6) is 0 Å². The standard InChI is InChI=1S/C18H21N3O2/c1-18(2,3)15(22)16-19-12-8-5-4-7-11(12)17(23)21(16)20-13-9-6-10-14(13)20/h4-9,13-15,22H,10H2,1-3H3/t13-,14+,15+,20?/m0/s1. The lowest BCUT2D eigenvalue weighted by molar-refractivity contribution is 0.0511. The Morgan fingerprint density at radius 3 is 2.70 bits per heavy atom. The third-order valence-corrected chi connectivity index (χ3v) is 4.74. The molecule has 1 aromatic carbocycles. The van der Waals surface area contributed by atoms with Crippen molar-refractivity contribution in [2.24, 2.45) is 5.41 Å². The third kappa shape index (κ3) is 2.10. The van der Waals surface area contributed by atoms with Crippen LogP contribution in [0, 0.1) is 5.41 Å². The van der Waals surface area contributed by atoms with Crippen LogP contribution >= 0.6 is 0 Å². The van der Waals surface area contributed by atoms with E-state index in [4.69, 9.17) is 0 Å². The highest BCUT2D eigenvalue weighted by molar-refractivity contribution is 5.77. The van der Waals surface area contributed by atoms with Gasteiger partial charge in [0.25, 0.3) is 5.56 Å². The van der Waals surface area contributed by atoms with Gasteiger partial charge in [0.05, 0.1) is 23.0 Å². The predicted octanol–water partition coefficient (Wildman–Crippen LogP) is 2.12. The molecular formula is C18H21N3O2. The molecule has 5 heteroatoms. The minimum Gasteiger partial charge on any atom is -0.385 e. The molecule has 23 heavy (non-hydrogen) atoms. The van der Waals surface area contributed by atoms with Gasteiger partial charge < -0.3 is 5.11 Å². The minimum atomic E-state index is -0.815. The van der Waals surface area contributed by atoms with Gasteiger partial charge in [-0.05, 0) is 24.0 Å². The average Bonchev–Trinajstić information content (AvgIpc) is 2.96. The fraction of sp³-hybridized carbons (Fsp3) is 0.444. The molecule has 1 saturated heterocycles. The second kappa shape index (κ2) is 4.68. The van der Waals surface area contributed by atoms with Crippen LogP contribution in [0.4, 0.5) is 0 Å². The number of para-hydroxylation sites is 1. The van der Waals surface area contributed by atoms with Crippen molar-refractivity contribution in [1.82, 2.24) is 9.66 Å². The molecule has 1 aliphatic carbocycles. The Balaban J connectivity index is 1.96. The lowest BCUT2D eigenvalue weighted by Crippen LogP contribution is -2.38. The molecule has 2 aliphatic rings. The highest BCUT2D eigenvalue weighted by Gasteiger charge is 2.50. The maximum Gasteiger partial charge on any atom is 0.280 e. The van der Waals surface area contributed by atoms with Crippen molar-refractivity contribution in [3.8, 4) is 0 Å². The number of hydrogen-bond acceptors (Lipinski definition) is 4. The molecule has 0 bridgehead atoms. The lowest BCUT2D eigenvalue weighted by Gasteiger charge is -2.28. The zero-order chi connectivity index (χ0) is 16.4. The van der Waals surface area contributed by atoms with Crippen molar-refractivity contribution in [3.05, 3.63) is 52.6 Å². The molecule has 1 N–H and O–H groups in total. The summed E-state index contributed by atoms with van der Waals surface area (Å²) in [4.78, 5) is 17.7. The molecule has 5 nitrogen and oxygen atoms in total. The number of fused-ring (bicyclic) bond motifs is 2. The summed E-state index contributed by atoms with van der Waals surface area (Å²) in [5.74, 6) is 0.434. The maximum absolute atomic E-state index is 13.0. The van der Waals surface area contributed by atoms with E-state index in [1.165, 1.54) is 0 Å². The summed E-state index contributed by atoms with van der Waals surface area (Å²) in [6.07, 6.45) is 4.39. The topological polar surface area (TPSA) is 58.1 Å². The summed E-state index contributed by atoms with van der Waals surface area (Å²) in [6.45, 7) is 5.85. The van der Waals surface area contributed by atoms with Gasteiger partial charge in [-0.2, -0.15) is 0 Å². The molecule has 4 rings (SSSR count). The zero-order valence-electron chi connectivity index (χ0n) is 13.6. The minimum absolute atomic E-state index is 0.100. The maximum atomic E-state index is 13.0. The summed E-state index contributed by atoms with van der Waals surface area (Å²) in [7, 11) is 0. The second-order valence-electron chi connectivity index (χ2n) is 7.47. The number of hydrogen-bond donors (Lipinski definition) is 1. The van der Waals surface area contributed by atoms with E-state index in [1.807, 2.05) is 44.0 Å². The smallest absolute Gasteiger partial charge is 0.280 e. The van der Waals surface area contributed by atoms with Crippen molar-refractivity contribution < 1.29 is 5.11 Å². The van der Waals surface area contributed by atoms with E-state index in [0.29, 0.717) is 22.8 Å². The second-order valence-corrected chi connectivity index (χ2v) is 7.47. The molecule has 0 radical (unpaired) electrons. The lowest BCUT2D eigenvalue weighted by atomic mass is 9.88. The van der Waals surface area contributed by atoms with Gasteiger partial charge in [0.2, 0.25) is 0 Å². The first-order valence-electron chi connectivity index (χ1n) is 8.04. The van der Waals surface area contributed by atoms with E-state index < -0.39 is 11.5 Å². The van der Waals surface area contributed by atoms with Gasteiger partial charge in [0.15, 0.2) is 5.82 Å². The largest absolute Gasteiger partial charge is 0.385 e. The molecule has 0 saturated carbocycles. The van der Waals surface area contributed by atoms with Gasteiger partial charge in [0.1, 0.15) is 6.10 Å². The molecule has 2 heterocycles. The molecule has 120 valence electrons. The van der Waals surface area contributed by atoms with E-state index in [1.54, 1.807) is 10.7 Å². The first kappa shape index (κ1) is 14.5. The number of aliphatic hydroxyl groups excluding tert-OH is 1. The first-order chi connectivity index (χ1) is 10.9. The van der Waals surface area contributed by atoms with Crippen LogP contribution in [0.2, 0.25) is 0 Å². The summed E-state index contributed by atoms with van der Waals surface area (Å²) in [5.41, 5.74) is 0.135. The predicted molar refractivity (Wildman–Crippen MR) is 90.0 cm³/mol. The Morgan fingerprint density at radius 2 is 2.04 bits per heavy atom. The summed E-state index contributed by atoms with van der Waals surface area (Å²) in [6, 6.07) is 7.90.